The molecule has 24 heavy (non-hydrogen) atoms. The first-order valence-corrected chi connectivity index (χ1v) is 8.11. The molecule has 0 radical (unpaired) electrons. The number of anilines is 2. The van der Waals surface area contributed by atoms with Crippen LogP contribution in [0.3, 0.4) is 0 Å². The molecule has 0 spiro atoms. The number of aromatic nitrogens is 4. The Morgan fingerprint density at radius 3 is 2.83 bits per heavy atom. The third-order valence-electron chi connectivity index (χ3n) is 4.28. The molecule has 0 aliphatic carbocycles. The van der Waals surface area contributed by atoms with Gasteiger partial charge >= 0.3 is 0 Å². The number of rotatable bonds is 3. The number of fused-ring (bicyclic) bond motifs is 1. The zero-order valence-corrected chi connectivity index (χ0v) is 13.2. The number of imidazole rings is 1. The van der Waals surface area contributed by atoms with Gasteiger partial charge in [0.1, 0.15) is 0 Å². The summed E-state index contributed by atoms with van der Waals surface area (Å²) in [6.45, 7) is 2.01. The van der Waals surface area contributed by atoms with Crippen molar-refractivity contribution >= 4 is 22.9 Å². The lowest BCUT2D eigenvalue weighted by Crippen LogP contribution is -2.30. The number of carbonyl (C=O) groups excluding carboxylic acids is 1. The Morgan fingerprint density at radius 2 is 1.96 bits per heavy atom. The summed E-state index contributed by atoms with van der Waals surface area (Å²) < 4.78 is 1.59. The summed E-state index contributed by atoms with van der Waals surface area (Å²) >= 11 is 0. The summed E-state index contributed by atoms with van der Waals surface area (Å²) in [6.07, 6.45) is 12.0. The lowest BCUT2D eigenvalue weighted by molar-refractivity contribution is 0.102. The number of pyridine rings is 1. The largest absolute Gasteiger partial charge is 0.370 e. The highest BCUT2D eigenvalue weighted by Crippen LogP contribution is 2.28. The van der Waals surface area contributed by atoms with E-state index in [2.05, 4.69) is 25.3 Å². The minimum Gasteiger partial charge on any atom is -0.370 e. The van der Waals surface area contributed by atoms with Gasteiger partial charge in [-0.05, 0) is 31.4 Å². The van der Waals surface area contributed by atoms with Crippen LogP contribution in [-0.2, 0) is 0 Å². The van der Waals surface area contributed by atoms with Gasteiger partial charge in [-0.3, -0.25) is 9.78 Å². The molecule has 1 aliphatic heterocycles. The standard InChI is InChI=1S/C17H18N6O/c24-17(13-4-7-20-23-11-8-19-16(13)23)21-14-12-18-6-5-15(14)22-9-2-1-3-10-22/h4-8,11-12H,1-3,9-10H2,(H,21,24). The molecule has 0 aromatic carbocycles. The number of carbonyl (C=O) groups is 1. The van der Waals surface area contributed by atoms with Gasteiger partial charge in [-0.25, -0.2) is 9.50 Å². The number of hydrogen-bond acceptors (Lipinski definition) is 5. The molecule has 122 valence electrons. The Kier molecular flexibility index (Phi) is 3.82. The zero-order chi connectivity index (χ0) is 16.4. The SMILES string of the molecule is O=C(Nc1cnccc1N1CCCCC1)c1ccnn2ccnc12. The van der Waals surface area contributed by atoms with Crippen LogP contribution in [0.15, 0.2) is 43.1 Å². The lowest BCUT2D eigenvalue weighted by atomic mass is 10.1. The Morgan fingerprint density at radius 1 is 1.08 bits per heavy atom. The molecule has 1 saturated heterocycles. The second-order valence-corrected chi connectivity index (χ2v) is 5.83. The minimum absolute atomic E-state index is 0.208. The van der Waals surface area contributed by atoms with Gasteiger partial charge in [0.2, 0.25) is 0 Å². The maximum absolute atomic E-state index is 12.7. The number of nitrogens with zero attached hydrogens (tertiary/aromatic N) is 5. The van der Waals surface area contributed by atoms with E-state index >= 15 is 0 Å². The van der Waals surface area contributed by atoms with Crippen molar-refractivity contribution in [2.75, 3.05) is 23.3 Å². The van der Waals surface area contributed by atoms with E-state index in [1.165, 1.54) is 19.3 Å². The van der Waals surface area contributed by atoms with Gasteiger partial charge in [0.05, 0.1) is 23.1 Å². The third-order valence-corrected chi connectivity index (χ3v) is 4.28. The van der Waals surface area contributed by atoms with Crippen molar-refractivity contribution in [2.45, 2.75) is 19.3 Å². The smallest absolute Gasteiger partial charge is 0.259 e. The molecule has 1 aliphatic rings. The summed E-state index contributed by atoms with van der Waals surface area (Å²) in [5, 5.41) is 7.12. The Hall–Kier alpha value is -2.96. The number of hydrogen-bond donors (Lipinski definition) is 1. The first kappa shape index (κ1) is 14.6. The molecule has 0 bridgehead atoms. The average molecular weight is 322 g/mol. The molecule has 3 aromatic rings. The van der Waals surface area contributed by atoms with E-state index in [0.717, 1.165) is 24.5 Å². The first-order chi connectivity index (χ1) is 11.8. The Balaban J connectivity index is 1.63. The second kappa shape index (κ2) is 6.27. The fraction of sp³-hybridized carbons (Fsp3) is 0.294. The summed E-state index contributed by atoms with van der Waals surface area (Å²) in [6, 6.07) is 3.63. The molecule has 1 fully saturated rings. The fourth-order valence-corrected chi connectivity index (χ4v) is 3.10. The van der Waals surface area contributed by atoms with Crippen LogP contribution >= 0.6 is 0 Å². The normalized spacial score (nSPS) is 14.8. The van der Waals surface area contributed by atoms with E-state index in [9.17, 15) is 4.79 Å². The first-order valence-electron chi connectivity index (χ1n) is 8.11. The highest BCUT2D eigenvalue weighted by molar-refractivity contribution is 6.09. The van der Waals surface area contributed by atoms with Crippen LogP contribution in [0.5, 0.6) is 0 Å². The molecular formula is C17H18N6O. The summed E-state index contributed by atoms with van der Waals surface area (Å²) in [5.74, 6) is -0.208. The van der Waals surface area contributed by atoms with Crippen LogP contribution in [-0.4, -0.2) is 38.6 Å². The maximum atomic E-state index is 12.7. The third kappa shape index (κ3) is 2.68. The molecule has 7 heteroatoms. The average Bonchev–Trinajstić information content (AvgIpc) is 3.11. The molecular weight excluding hydrogens is 304 g/mol. The number of nitrogens with one attached hydrogen (secondary N) is 1. The highest BCUT2D eigenvalue weighted by Gasteiger charge is 2.18. The van der Waals surface area contributed by atoms with Crippen LogP contribution in [0.2, 0.25) is 0 Å². The van der Waals surface area contributed by atoms with E-state index in [1.54, 1.807) is 41.6 Å². The van der Waals surface area contributed by atoms with Crippen molar-refractivity contribution in [1.82, 2.24) is 19.6 Å². The van der Waals surface area contributed by atoms with Gasteiger partial charge in [-0.1, -0.05) is 0 Å². The number of amides is 1. The van der Waals surface area contributed by atoms with Gasteiger partial charge in [0.25, 0.3) is 5.91 Å². The topological polar surface area (TPSA) is 75.4 Å². The molecule has 4 heterocycles. The van der Waals surface area contributed by atoms with Crippen LogP contribution < -0.4 is 10.2 Å². The predicted molar refractivity (Wildman–Crippen MR) is 91.2 cm³/mol. The molecule has 1 amide bonds. The quantitative estimate of drug-likeness (QED) is 0.801. The van der Waals surface area contributed by atoms with Gasteiger partial charge < -0.3 is 10.2 Å². The molecule has 0 saturated carbocycles. The molecule has 0 unspecified atom stereocenters. The Labute approximate surface area is 139 Å². The monoisotopic (exact) mass is 322 g/mol. The molecule has 7 nitrogen and oxygen atoms in total. The minimum atomic E-state index is -0.208. The van der Waals surface area contributed by atoms with Gasteiger partial charge in [0, 0.05) is 37.9 Å². The summed E-state index contributed by atoms with van der Waals surface area (Å²) in [7, 11) is 0. The summed E-state index contributed by atoms with van der Waals surface area (Å²) in [4.78, 5) is 23.4. The molecule has 3 aromatic heterocycles. The van der Waals surface area contributed by atoms with E-state index in [-0.39, 0.29) is 5.91 Å². The van der Waals surface area contributed by atoms with Gasteiger partial charge in [-0.2, -0.15) is 5.10 Å². The van der Waals surface area contributed by atoms with Crippen LogP contribution in [0.1, 0.15) is 29.6 Å². The molecule has 4 rings (SSSR count). The summed E-state index contributed by atoms with van der Waals surface area (Å²) in [5.41, 5.74) is 2.78. The van der Waals surface area contributed by atoms with Crippen molar-refractivity contribution in [1.29, 1.82) is 0 Å². The lowest BCUT2D eigenvalue weighted by Gasteiger charge is -2.30. The van der Waals surface area contributed by atoms with E-state index in [1.807, 2.05) is 6.07 Å². The van der Waals surface area contributed by atoms with Crippen molar-refractivity contribution in [2.24, 2.45) is 0 Å². The Bertz CT molecular complexity index is 868. The van der Waals surface area contributed by atoms with Gasteiger partial charge in [-0.15, -0.1) is 0 Å². The van der Waals surface area contributed by atoms with E-state index in [4.69, 9.17) is 0 Å². The number of piperidine rings is 1. The second-order valence-electron chi connectivity index (χ2n) is 5.83. The zero-order valence-electron chi connectivity index (χ0n) is 13.2. The van der Waals surface area contributed by atoms with Crippen molar-refractivity contribution in [3.05, 3.63) is 48.7 Å². The van der Waals surface area contributed by atoms with Crippen LogP contribution in [0.25, 0.3) is 5.65 Å². The fourth-order valence-electron chi connectivity index (χ4n) is 3.10. The van der Waals surface area contributed by atoms with Crippen LogP contribution in [0, 0.1) is 0 Å². The molecule has 0 atom stereocenters. The van der Waals surface area contributed by atoms with Gasteiger partial charge in [0.15, 0.2) is 5.65 Å². The van der Waals surface area contributed by atoms with Crippen molar-refractivity contribution in [3.8, 4) is 0 Å². The van der Waals surface area contributed by atoms with E-state index in [0.29, 0.717) is 11.2 Å². The maximum Gasteiger partial charge on any atom is 0.259 e. The predicted octanol–water partition coefficient (Wildman–Crippen LogP) is 2.37. The van der Waals surface area contributed by atoms with Crippen molar-refractivity contribution in [3.63, 3.8) is 0 Å². The van der Waals surface area contributed by atoms with Crippen LogP contribution in [0.4, 0.5) is 11.4 Å². The molecule has 1 N–H and O–H groups in total. The highest BCUT2D eigenvalue weighted by atomic mass is 16.1. The van der Waals surface area contributed by atoms with E-state index < -0.39 is 0 Å². The van der Waals surface area contributed by atoms with Crippen molar-refractivity contribution < 1.29 is 4.79 Å².